The Kier molecular flexibility index (Phi) is 5.64. The summed E-state index contributed by atoms with van der Waals surface area (Å²) in [6.07, 6.45) is -1.11. The number of carbonyl (C=O) groups is 2. The second kappa shape index (κ2) is 7.22. The molecule has 0 N–H and O–H groups in total. The third-order valence-electron chi connectivity index (χ3n) is 2.50. The Morgan fingerprint density at radius 1 is 1.20 bits per heavy atom. The van der Waals surface area contributed by atoms with Gasteiger partial charge in [0.05, 0.1) is 0 Å². The maximum absolute atomic E-state index is 11.1. The quantitative estimate of drug-likeness (QED) is 0.445. The fourth-order valence-electron chi connectivity index (χ4n) is 1.65. The molecule has 0 aliphatic rings. The molecule has 2 atom stereocenters. The minimum absolute atomic E-state index is 0.463. The van der Waals surface area contributed by atoms with Crippen molar-refractivity contribution in [3.8, 4) is 0 Å². The zero-order valence-corrected chi connectivity index (χ0v) is 11.1. The molecule has 7 nitrogen and oxygen atoms in total. The van der Waals surface area contributed by atoms with Crippen LogP contribution in [0.3, 0.4) is 0 Å². The predicted molar refractivity (Wildman–Crippen MR) is 68.4 cm³/mol. The molecule has 0 aromatic heterocycles. The van der Waals surface area contributed by atoms with Crippen molar-refractivity contribution in [2.75, 3.05) is 6.61 Å². The number of benzene rings is 1. The van der Waals surface area contributed by atoms with E-state index in [-0.39, 0.29) is 0 Å². The van der Waals surface area contributed by atoms with Crippen molar-refractivity contribution >= 4 is 11.9 Å². The zero-order valence-electron chi connectivity index (χ0n) is 11.1. The molecule has 0 saturated heterocycles. The van der Waals surface area contributed by atoms with Crippen LogP contribution in [0, 0.1) is 10.1 Å². The molecule has 1 aromatic carbocycles. The SMILES string of the molecule is CC(=O)OC[C@@H]([C@@H](OC(C)=O)c1ccccc1)[N+](=O)[O-]. The fraction of sp³-hybridized carbons (Fsp3) is 0.385. The van der Waals surface area contributed by atoms with Crippen molar-refractivity contribution in [2.45, 2.75) is 26.0 Å². The topological polar surface area (TPSA) is 95.7 Å². The number of nitro groups is 1. The van der Waals surface area contributed by atoms with Crippen molar-refractivity contribution < 1.29 is 24.0 Å². The van der Waals surface area contributed by atoms with Crippen LogP contribution >= 0.6 is 0 Å². The minimum atomic E-state index is -1.36. The lowest BCUT2D eigenvalue weighted by molar-refractivity contribution is -0.538. The average Bonchev–Trinajstić information content (AvgIpc) is 2.37. The van der Waals surface area contributed by atoms with Crippen LogP contribution in [0.25, 0.3) is 0 Å². The van der Waals surface area contributed by atoms with E-state index in [1.54, 1.807) is 30.3 Å². The highest BCUT2D eigenvalue weighted by molar-refractivity contribution is 5.66. The summed E-state index contributed by atoms with van der Waals surface area (Å²) in [6.45, 7) is 1.86. The molecule has 0 saturated carbocycles. The van der Waals surface area contributed by atoms with Crippen LogP contribution in [0.15, 0.2) is 30.3 Å². The average molecular weight is 281 g/mol. The van der Waals surface area contributed by atoms with E-state index >= 15 is 0 Å². The van der Waals surface area contributed by atoms with Crippen LogP contribution in [0.4, 0.5) is 0 Å². The lowest BCUT2D eigenvalue weighted by Crippen LogP contribution is -2.35. The summed E-state index contributed by atoms with van der Waals surface area (Å²) >= 11 is 0. The molecular formula is C13H15NO6. The predicted octanol–water partition coefficient (Wildman–Crippen LogP) is 1.50. The van der Waals surface area contributed by atoms with E-state index in [1.807, 2.05) is 0 Å². The number of ether oxygens (including phenoxy) is 2. The van der Waals surface area contributed by atoms with Crippen molar-refractivity contribution in [3.63, 3.8) is 0 Å². The van der Waals surface area contributed by atoms with Crippen molar-refractivity contribution in [3.05, 3.63) is 46.0 Å². The Morgan fingerprint density at radius 3 is 2.25 bits per heavy atom. The number of hydrogen-bond donors (Lipinski definition) is 0. The number of carbonyl (C=O) groups excluding carboxylic acids is 2. The minimum Gasteiger partial charge on any atom is -0.458 e. The molecule has 0 aliphatic carbocycles. The second-order valence-electron chi connectivity index (χ2n) is 4.10. The van der Waals surface area contributed by atoms with Crippen molar-refractivity contribution in [1.29, 1.82) is 0 Å². The van der Waals surface area contributed by atoms with E-state index in [0.29, 0.717) is 5.56 Å². The monoisotopic (exact) mass is 281 g/mol. The standard InChI is InChI=1S/C13H15NO6/c1-9(15)19-8-12(14(17)18)13(20-10(2)16)11-6-4-3-5-7-11/h3-7,12-13H,8H2,1-2H3/t12-,13-/m0/s1. The van der Waals surface area contributed by atoms with Gasteiger partial charge in [-0.15, -0.1) is 0 Å². The van der Waals surface area contributed by atoms with E-state index in [2.05, 4.69) is 4.74 Å². The third kappa shape index (κ3) is 4.68. The normalized spacial score (nSPS) is 13.1. The van der Waals surface area contributed by atoms with Gasteiger partial charge in [-0.1, -0.05) is 30.3 Å². The van der Waals surface area contributed by atoms with Crippen LogP contribution in [-0.4, -0.2) is 29.5 Å². The summed E-state index contributed by atoms with van der Waals surface area (Å²) < 4.78 is 9.70. The third-order valence-corrected chi connectivity index (χ3v) is 2.50. The van der Waals surface area contributed by atoms with Gasteiger partial charge in [0.2, 0.25) is 0 Å². The van der Waals surface area contributed by atoms with Crippen LogP contribution in [0.5, 0.6) is 0 Å². The highest BCUT2D eigenvalue weighted by Gasteiger charge is 2.36. The van der Waals surface area contributed by atoms with Gasteiger partial charge in [0.1, 0.15) is 0 Å². The molecule has 0 aliphatic heterocycles. The molecule has 0 amide bonds. The van der Waals surface area contributed by atoms with Gasteiger partial charge < -0.3 is 9.47 Å². The molecule has 0 fully saturated rings. The smallest absolute Gasteiger partial charge is 0.303 e. The molecule has 0 spiro atoms. The Hall–Kier alpha value is -2.44. The number of esters is 2. The van der Waals surface area contributed by atoms with E-state index in [9.17, 15) is 19.7 Å². The lowest BCUT2D eigenvalue weighted by Gasteiger charge is -2.20. The molecule has 108 valence electrons. The van der Waals surface area contributed by atoms with E-state index in [0.717, 1.165) is 6.92 Å². The van der Waals surface area contributed by atoms with Gasteiger partial charge in [0.15, 0.2) is 12.7 Å². The van der Waals surface area contributed by atoms with E-state index in [1.165, 1.54) is 6.92 Å². The molecule has 0 radical (unpaired) electrons. The molecule has 20 heavy (non-hydrogen) atoms. The largest absolute Gasteiger partial charge is 0.458 e. The highest BCUT2D eigenvalue weighted by Crippen LogP contribution is 2.23. The maximum atomic E-state index is 11.1. The van der Waals surface area contributed by atoms with Crippen LogP contribution in [-0.2, 0) is 19.1 Å². The van der Waals surface area contributed by atoms with E-state index < -0.39 is 35.6 Å². The van der Waals surface area contributed by atoms with Gasteiger partial charge in [-0.2, -0.15) is 0 Å². The van der Waals surface area contributed by atoms with Gasteiger partial charge in [-0.05, 0) is 5.56 Å². The summed E-state index contributed by atoms with van der Waals surface area (Å²) in [6, 6.07) is 6.95. The summed E-state index contributed by atoms with van der Waals surface area (Å²) in [5.41, 5.74) is 0.469. The van der Waals surface area contributed by atoms with Gasteiger partial charge in [0, 0.05) is 18.8 Å². The first-order chi connectivity index (χ1) is 9.41. The number of hydrogen-bond acceptors (Lipinski definition) is 6. The summed E-state index contributed by atoms with van der Waals surface area (Å²) in [4.78, 5) is 32.4. The van der Waals surface area contributed by atoms with Gasteiger partial charge in [0.25, 0.3) is 6.04 Å². The Bertz CT molecular complexity index is 487. The lowest BCUT2D eigenvalue weighted by atomic mass is 10.0. The van der Waals surface area contributed by atoms with Crippen LogP contribution < -0.4 is 0 Å². The summed E-state index contributed by atoms with van der Waals surface area (Å²) in [5, 5.41) is 11.1. The number of nitrogens with zero attached hydrogens (tertiary/aromatic N) is 1. The molecule has 0 heterocycles. The maximum Gasteiger partial charge on any atom is 0.303 e. The zero-order chi connectivity index (χ0) is 15.1. The van der Waals surface area contributed by atoms with E-state index in [4.69, 9.17) is 4.74 Å². The summed E-state index contributed by atoms with van der Waals surface area (Å²) in [5.74, 6) is -1.28. The van der Waals surface area contributed by atoms with Gasteiger partial charge in [-0.25, -0.2) is 0 Å². The van der Waals surface area contributed by atoms with Crippen LogP contribution in [0.2, 0.25) is 0 Å². The molecule has 0 unspecified atom stereocenters. The molecular weight excluding hydrogens is 266 g/mol. The van der Waals surface area contributed by atoms with Gasteiger partial charge >= 0.3 is 11.9 Å². The first-order valence-corrected chi connectivity index (χ1v) is 5.91. The van der Waals surface area contributed by atoms with Gasteiger partial charge in [-0.3, -0.25) is 19.7 Å². The summed E-state index contributed by atoms with van der Waals surface area (Å²) in [7, 11) is 0. The first-order valence-electron chi connectivity index (χ1n) is 5.91. The molecule has 1 rings (SSSR count). The Balaban J connectivity index is 3.01. The van der Waals surface area contributed by atoms with Crippen molar-refractivity contribution in [2.24, 2.45) is 0 Å². The first kappa shape index (κ1) is 15.6. The number of rotatable bonds is 6. The Morgan fingerprint density at radius 2 is 1.80 bits per heavy atom. The second-order valence-corrected chi connectivity index (χ2v) is 4.10. The Labute approximate surface area is 115 Å². The molecule has 1 aromatic rings. The molecule has 7 heteroatoms. The fourth-order valence-corrected chi connectivity index (χ4v) is 1.65. The van der Waals surface area contributed by atoms with Crippen molar-refractivity contribution in [1.82, 2.24) is 0 Å². The van der Waals surface area contributed by atoms with Crippen LogP contribution in [0.1, 0.15) is 25.5 Å². The highest BCUT2D eigenvalue weighted by atomic mass is 16.6. The molecule has 0 bridgehead atoms.